The van der Waals surface area contributed by atoms with E-state index in [0.29, 0.717) is 30.7 Å². The van der Waals surface area contributed by atoms with Crippen LogP contribution in [0.25, 0.3) is 0 Å². The van der Waals surface area contributed by atoms with Gasteiger partial charge in [0.15, 0.2) is 13.3 Å². The van der Waals surface area contributed by atoms with Crippen LogP contribution in [0.4, 0.5) is 0 Å². The molecule has 0 aromatic heterocycles. The maximum absolute atomic E-state index is 12.1. The summed E-state index contributed by atoms with van der Waals surface area (Å²) in [6.45, 7) is 11.1. The largest absolute Gasteiger partial charge is 0.309 e. The highest BCUT2D eigenvalue weighted by Gasteiger charge is 2.24. The molecule has 0 aromatic rings. The fourth-order valence-corrected chi connectivity index (χ4v) is 2.84. The van der Waals surface area contributed by atoms with Gasteiger partial charge in [0, 0.05) is 12.8 Å². The molecule has 0 saturated carbocycles. The van der Waals surface area contributed by atoms with E-state index in [9.17, 15) is 9.59 Å². The predicted octanol–water partition coefficient (Wildman–Crippen LogP) is 4.26. The number of quaternary nitrogens is 1. The lowest BCUT2D eigenvalue weighted by atomic mass is 10.2. The molecule has 0 saturated heterocycles. The fourth-order valence-electron chi connectivity index (χ4n) is 2.84. The Hall–Kier alpha value is -1.62. The van der Waals surface area contributed by atoms with Crippen molar-refractivity contribution in [2.45, 2.75) is 79.1 Å². The summed E-state index contributed by atoms with van der Waals surface area (Å²) in [6.07, 6.45) is 15.5. The van der Waals surface area contributed by atoms with Crippen molar-refractivity contribution in [2.24, 2.45) is 0 Å². The van der Waals surface area contributed by atoms with Crippen LogP contribution >= 0.6 is 0 Å². The zero-order valence-corrected chi connectivity index (χ0v) is 18.1. The average molecular weight is 381 g/mol. The van der Waals surface area contributed by atoms with E-state index < -0.39 is 0 Å². The third-order valence-electron chi connectivity index (χ3n) is 5.09. The van der Waals surface area contributed by atoms with Crippen molar-refractivity contribution < 1.29 is 14.1 Å². The Morgan fingerprint density at radius 3 is 1.48 bits per heavy atom. The quantitative estimate of drug-likeness (QED) is 0.182. The van der Waals surface area contributed by atoms with Crippen LogP contribution in [0.5, 0.6) is 0 Å². The van der Waals surface area contributed by atoms with Gasteiger partial charge in [0.1, 0.15) is 0 Å². The molecule has 27 heavy (non-hydrogen) atoms. The number of carbonyl (C=O) groups is 2. The lowest BCUT2D eigenvalue weighted by Gasteiger charge is -2.36. The summed E-state index contributed by atoms with van der Waals surface area (Å²) in [7, 11) is 0. The van der Waals surface area contributed by atoms with E-state index in [-0.39, 0.29) is 11.8 Å². The summed E-state index contributed by atoms with van der Waals surface area (Å²) in [5, 5.41) is 6.13. The topological polar surface area (TPSA) is 58.2 Å². The van der Waals surface area contributed by atoms with Crippen molar-refractivity contribution >= 4 is 11.8 Å². The van der Waals surface area contributed by atoms with Crippen molar-refractivity contribution in [2.75, 3.05) is 26.4 Å². The van der Waals surface area contributed by atoms with Gasteiger partial charge in [0.25, 0.3) is 0 Å². The van der Waals surface area contributed by atoms with Crippen LogP contribution in [0.3, 0.4) is 0 Å². The number of hydrogen-bond acceptors (Lipinski definition) is 2. The van der Waals surface area contributed by atoms with E-state index in [1.54, 1.807) is 0 Å². The second-order valence-electron chi connectivity index (χ2n) is 7.12. The van der Waals surface area contributed by atoms with E-state index in [4.69, 9.17) is 0 Å². The lowest BCUT2D eigenvalue weighted by Crippen LogP contribution is -2.58. The van der Waals surface area contributed by atoms with Crippen LogP contribution < -0.4 is 10.6 Å². The first-order valence-corrected chi connectivity index (χ1v) is 10.6. The van der Waals surface area contributed by atoms with Crippen LogP contribution in [-0.2, 0) is 9.59 Å². The van der Waals surface area contributed by atoms with E-state index in [1.807, 2.05) is 26.0 Å². The Morgan fingerprint density at radius 1 is 0.741 bits per heavy atom. The van der Waals surface area contributed by atoms with Gasteiger partial charge < -0.3 is 10.6 Å². The zero-order chi connectivity index (χ0) is 20.4. The summed E-state index contributed by atoms with van der Waals surface area (Å²) < 4.78 is 0.675. The first kappa shape index (κ1) is 25.4. The molecule has 0 aliphatic carbocycles. The third kappa shape index (κ3) is 13.2. The molecule has 0 fully saturated rings. The fraction of sp³-hybridized carbons (Fsp3) is 0.727. The molecule has 0 heterocycles. The summed E-state index contributed by atoms with van der Waals surface area (Å²) in [5.41, 5.74) is 0. The molecule has 2 amide bonds. The Bertz CT molecular complexity index is 416. The Labute approximate surface area is 166 Å². The van der Waals surface area contributed by atoms with Gasteiger partial charge >= 0.3 is 0 Å². The monoisotopic (exact) mass is 380 g/mol. The average Bonchev–Trinajstić information content (AvgIpc) is 2.68. The number of rotatable bonds is 16. The summed E-state index contributed by atoms with van der Waals surface area (Å²) in [6, 6.07) is 0. The summed E-state index contributed by atoms with van der Waals surface area (Å²) >= 11 is 0. The first-order chi connectivity index (χ1) is 13.0. The number of nitrogens with zero attached hydrogens (tertiary/aromatic N) is 1. The van der Waals surface area contributed by atoms with Gasteiger partial charge in [-0.1, -0.05) is 24.3 Å². The Balaban J connectivity index is 4.18. The first-order valence-electron chi connectivity index (χ1n) is 10.6. The van der Waals surface area contributed by atoms with Crippen molar-refractivity contribution in [1.82, 2.24) is 10.6 Å². The maximum atomic E-state index is 12.1. The molecule has 0 radical (unpaired) electrons. The highest BCUT2D eigenvalue weighted by molar-refractivity contribution is 5.76. The van der Waals surface area contributed by atoms with Crippen LogP contribution in [0.15, 0.2) is 24.3 Å². The highest BCUT2D eigenvalue weighted by Crippen LogP contribution is 2.06. The van der Waals surface area contributed by atoms with Crippen molar-refractivity contribution in [1.29, 1.82) is 0 Å². The molecular weight excluding hydrogens is 338 g/mol. The number of allylic oxidation sites excluding steroid dienone is 4. The number of nitrogens with one attached hydrogen (secondary N) is 2. The lowest BCUT2D eigenvalue weighted by molar-refractivity contribution is -0.928. The van der Waals surface area contributed by atoms with Crippen LogP contribution in [-0.4, -0.2) is 42.7 Å². The van der Waals surface area contributed by atoms with Crippen LogP contribution in [0.1, 0.15) is 79.1 Å². The van der Waals surface area contributed by atoms with Crippen LogP contribution in [0, 0.1) is 0 Å². The minimum absolute atomic E-state index is 0.107. The smallest absolute Gasteiger partial charge is 0.224 e. The maximum Gasteiger partial charge on any atom is 0.224 e. The van der Waals surface area contributed by atoms with Crippen molar-refractivity contribution in [3.8, 4) is 0 Å². The second kappa shape index (κ2) is 16.5. The number of hydrogen-bond donors (Lipinski definition) is 2. The van der Waals surface area contributed by atoms with Crippen molar-refractivity contribution in [3.05, 3.63) is 24.3 Å². The molecule has 0 aliphatic heterocycles. The molecule has 0 unspecified atom stereocenters. The van der Waals surface area contributed by atoms with Gasteiger partial charge in [-0.05, 0) is 66.2 Å². The molecule has 0 aromatic carbocycles. The van der Waals surface area contributed by atoms with Gasteiger partial charge in [-0.15, -0.1) is 0 Å². The SMILES string of the molecule is C/C=C/CCCCC(=O)NC[N+](CC)(CC)CNC(=O)CCCC/C=C/C. The van der Waals surface area contributed by atoms with Crippen molar-refractivity contribution in [3.63, 3.8) is 0 Å². The molecule has 0 atom stereocenters. The van der Waals surface area contributed by atoms with Gasteiger partial charge in [0.2, 0.25) is 11.8 Å². The molecule has 156 valence electrons. The molecule has 2 N–H and O–H groups in total. The number of amides is 2. The Kier molecular flexibility index (Phi) is 15.6. The highest BCUT2D eigenvalue weighted by atomic mass is 16.2. The minimum atomic E-state index is 0.107. The molecule has 0 aliphatic rings. The molecule has 5 heteroatoms. The van der Waals surface area contributed by atoms with Gasteiger partial charge in [-0.25, -0.2) is 0 Å². The van der Waals surface area contributed by atoms with Gasteiger partial charge in [-0.2, -0.15) is 0 Å². The summed E-state index contributed by atoms with van der Waals surface area (Å²) in [5.74, 6) is 0.213. The number of carbonyl (C=O) groups excluding carboxylic acids is 2. The molecule has 0 rings (SSSR count). The normalized spacial score (nSPS) is 12.0. The standard InChI is InChI=1S/C22H41N3O2/c1-5-9-11-13-15-17-21(26)23-19-25(7-3,8-4)20-24-22(27)18-16-14-12-10-6-2/h5-6,9-10H,7-8,11-20H2,1-4H3,(H-,23,24,26,27)/p+1/b9-5+,10-6+. The molecule has 0 bridgehead atoms. The van der Waals surface area contributed by atoms with Crippen LogP contribution in [0.2, 0.25) is 0 Å². The molecule has 0 spiro atoms. The molecular formula is C22H42N3O2+. The third-order valence-corrected chi connectivity index (χ3v) is 5.09. The van der Waals surface area contributed by atoms with Gasteiger partial charge in [0.05, 0.1) is 13.1 Å². The predicted molar refractivity (Wildman–Crippen MR) is 114 cm³/mol. The summed E-state index contributed by atoms with van der Waals surface area (Å²) in [4.78, 5) is 24.2. The van der Waals surface area contributed by atoms with E-state index >= 15 is 0 Å². The van der Waals surface area contributed by atoms with E-state index in [1.165, 1.54) is 0 Å². The minimum Gasteiger partial charge on any atom is -0.309 e. The van der Waals surface area contributed by atoms with E-state index in [2.05, 4.69) is 36.6 Å². The number of unbranched alkanes of at least 4 members (excludes halogenated alkanes) is 4. The molecule has 5 nitrogen and oxygen atoms in total. The van der Waals surface area contributed by atoms with Gasteiger partial charge in [-0.3, -0.25) is 14.1 Å². The zero-order valence-electron chi connectivity index (χ0n) is 18.1. The Morgan fingerprint density at radius 2 is 1.15 bits per heavy atom. The van der Waals surface area contributed by atoms with E-state index in [0.717, 1.165) is 51.6 Å². The second-order valence-corrected chi connectivity index (χ2v) is 7.12.